The molecular weight excluding hydrogens is 371 g/mol. The summed E-state index contributed by atoms with van der Waals surface area (Å²) >= 11 is 0. The van der Waals surface area contributed by atoms with Crippen LogP contribution in [0.1, 0.15) is 11.6 Å². The number of nitrogens with zero attached hydrogens (tertiary/aromatic N) is 2. The van der Waals surface area contributed by atoms with Crippen LogP contribution in [0.25, 0.3) is 0 Å². The standard InChI is InChI=1S/C23H17FN2O3/c24-17-13-7-8-14-18(17)25-22(27)19-20(15-9-3-1-4-10-15)26(29-21(19)23(25)28)16-11-5-2-6-12-16/h1-14,19-21H/t19-,20-,21-/m0/s1. The summed E-state index contributed by atoms with van der Waals surface area (Å²) in [4.78, 5) is 33.4. The molecule has 2 aliphatic rings. The molecule has 0 aromatic heterocycles. The molecule has 3 aromatic rings. The summed E-state index contributed by atoms with van der Waals surface area (Å²) in [6, 6.07) is 24.0. The Balaban J connectivity index is 1.60. The topological polar surface area (TPSA) is 49.9 Å². The second-order valence-corrected chi connectivity index (χ2v) is 7.03. The molecule has 2 heterocycles. The Hall–Kier alpha value is -3.51. The number of carbonyl (C=O) groups is 2. The molecule has 0 unspecified atom stereocenters. The van der Waals surface area contributed by atoms with E-state index < -0.39 is 35.7 Å². The van der Waals surface area contributed by atoms with Gasteiger partial charge in [0.2, 0.25) is 5.91 Å². The number of carbonyl (C=O) groups excluding carboxylic acids is 2. The lowest BCUT2D eigenvalue weighted by atomic mass is 9.90. The number of hydrogen-bond donors (Lipinski definition) is 0. The fraction of sp³-hybridized carbons (Fsp3) is 0.130. The van der Waals surface area contributed by atoms with Gasteiger partial charge in [-0.05, 0) is 29.8 Å². The van der Waals surface area contributed by atoms with Crippen molar-refractivity contribution in [3.63, 3.8) is 0 Å². The van der Waals surface area contributed by atoms with Crippen molar-refractivity contribution in [1.82, 2.24) is 0 Å². The minimum atomic E-state index is -1.01. The number of para-hydroxylation sites is 2. The van der Waals surface area contributed by atoms with Gasteiger partial charge in [-0.15, -0.1) is 0 Å². The van der Waals surface area contributed by atoms with Gasteiger partial charge >= 0.3 is 0 Å². The minimum absolute atomic E-state index is 0.0430. The maximum absolute atomic E-state index is 14.3. The van der Waals surface area contributed by atoms with Crippen molar-refractivity contribution in [3.05, 3.63) is 96.3 Å². The molecular formula is C23H17FN2O3. The van der Waals surface area contributed by atoms with Gasteiger partial charge in [-0.25, -0.2) is 14.4 Å². The van der Waals surface area contributed by atoms with Gasteiger partial charge in [-0.1, -0.05) is 60.7 Å². The van der Waals surface area contributed by atoms with Crippen LogP contribution in [0, 0.1) is 11.7 Å². The molecule has 3 atom stereocenters. The summed E-state index contributed by atoms with van der Waals surface area (Å²) in [5, 5.41) is 1.62. The number of fused-ring (bicyclic) bond motifs is 1. The van der Waals surface area contributed by atoms with Gasteiger partial charge in [-0.2, -0.15) is 0 Å². The number of anilines is 2. The van der Waals surface area contributed by atoms with Crippen molar-refractivity contribution in [1.29, 1.82) is 0 Å². The number of imide groups is 1. The second-order valence-electron chi connectivity index (χ2n) is 7.03. The van der Waals surface area contributed by atoms with Crippen LogP contribution in [-0.2, 0) is 14.4 Å². The average Bonchev–Trinajstić information content (AvgIpc) is 3.26. The largest absolute Gasteiger partial charge is 0.273 e. The van der Waals surface area contributed by atoms with Crippen molar-refractivity contribution in [2.24, 2.45) is 5.92 Å². The maximum Gasteiger partial charge on any atom is 0.266 e. The Morgan fingerprint density at radius 1 is 0.759 bits per heavy atom. The molecule has 0 bridgehead atoms. The molecule has 2 amide bonds. The predicted molar refractivity (Wildman–Crippen MR) is 105 cm³/mol. The summed E-state index contributed by atoms with van der Waals surface area (Å²) in [7, 11) is 0. The Kier molecular flexibility index (Phi) is 4.14. The molecule has 5 nitrogen and oxygen atoms in total. The van der Waals surface area contributed by atoms with E-state index in [1.54, 1.807) is 11.1 Å². The molecule has 29 heavy (non-hydrogen) atoms. The molecule has 0 spiro atoms. The highest BCUT2D eigenvalue weighted by atomic mass is 19.1. The van der Waals surface area contributed by atoms with Crippen LogP contribution in [-0.4, -0.2) is 17.9 Å². The molecule has 0 N–H and O–H groups in total. The first kappa shape index (κ1) is 17.6. The SMILES string of the molecule is O=C1[C@@H]2[C@H](ON(c3ccccc3)[C@H]2c2ccccc2)C(=O)N1c1ccccc1F. The number of rotatable bonds is 3. The molecule has 5 rings (SSSR count). The van der Waals surface area contributed by atoms with Crippen molar-refractivity contribution >= 4 is 23.2 Å². The van der Waals surface area contributed by atoms with E-state index in [1.165, 1.54) is 18.2 Å². The third kappa shape index (κ3) is 2.72. The van der Waals surface area contributed by atoms with E-state index in [9.17, 15) is 14.0 Å². The van der Waals surface area contributed by atoms with E-state index in [1.807, 2.05) is 60.7 Å². The third-order valence-electron chi connectivity index (χ3n) is 5.36. The summed E-state index contributed by atoms with van der Waals surface area (Å²) in [6.07, 6.45) is -1.01. The van der Waals surface area contributed by atoms with Crippen LogP contribution in [0.5, 0.6) is 0 Å². The van der Waals surface area contributed by atoms with Crippen LogP contribution < -0.4 is 9.96 Å². The van der Waals surface area contributed by atoms with Gasteiger partial charge in [0.05, 0.1) is 17.4 Å². The molecule has 6 heteroatoms. The zero-order valence-corrected chi connectivity index (χ0v) is 15.3. The van der Waals surface area contributed by atoms with Crippen LogP contribution in [0.15, 0.2) is 84.9 Å². The quantitative estimate of drug-likeness (QED) is 0.639. The monoisotopic (exact) mass is 388 g/mol. The molecule has 144 valence electrons. The summed E-state index contributed by atoms with van der Waals surface area (Å²) in [5.41, 5.74) is 1.55. The zero-order chi connectivity index (χ0) is 20.0. The van der Waals surface area contributed by atoms with Gasteiger partial charge in [0.1, 0.15) is 11.7 Å². The van der Waals surface area contributed by atoms with Crippen molar-refractivity contribution in [3.8, 4) is 0 Å². The number of amides is 2. The first-order valence-corrected chi connectivity index (χ1v) is 9.35. The highest BCUT2D eigenvalue weighted by molar-refractivity contribution is 6.24. The predicted octanol–water partition coefficient (Wildman–Crippen LogP) is 3.88. The normalized spacial score (nSPS) is 23.6. The van der Waals surface area contributed by atoms with Gasteiger partial charge < -0.3 is 0 Å². The number of halogens is 1. The van der Waals surface area contributed by atoms with Crippen LogP contribution in [0.2, 0.25) is 0 Å². The molecule has 2 aliphatic heterocycles. The van der Waals surface area contributed by atoms with Gasteiger partial charge in [-0.3, -0.25) is 14.4 Å². The average molecular weight is 388 g/mol. The lowest BCUT2D eigenvalue weighted by molar-refractivity contribution is -0.126. The van der Waals surface area contributed by atoms with Gasteiger partial charge in [0.15, 0.2) is 6.10 Å². The van der Waals surface area contributed by atoms with Gasteiger partial charge in [0.25, 0.3) is 5.91 Å². The number of hydrogen-bond acceptors (Lipinski definition) is 4. The molecule has 2 saturated heterocycles. The summed E-state index contributed by atoms with van der Waals surface area (Å²) < 4.78 is 14.3. The van der Waals surface area contributed by atoms with Crippen molar-refractivity contribution < 1.29 is 18.8 Å². The summed E-state index contributed by atoms with van der Waals surface area (Å²) in [5.74, 6) is -2.41. The van der Waals surface area contributed by atoms with E-state index in [-0.39, 0.29) is 5.69 Å². The Morgan fingerprint density at radius 2 is 1.38 bits per heavy atom. The maximum atomic E-state index is 14.3. The van der Waals surface area contributed by atoms with Crippen LogP contribution >= 0.6 is 0 Å². The molecule has 0 saturated carbocycles. The number of hydroxylamine groups is 1. The smallest absolute Gasteiger partial charge is 0.266 e. The van der Waals surface area contributed by atoms with Crippen molar-refractivity contribution in [2.75, 3.05) is 9.96 Å². The zero-order valence-electron chi connectivity index (χ0n) is 15.3. The Bertz CT molecular complexity index is 1070. The van der Waals surface area contributed by atoms with Crippen LogP contribution in [0.4, 0.5) is 15.8 Å². The molecule has 0 radical (unpaired) electrons. The van der Waals surface area contributed by atoms with E-state index in [0.29, 0.717) is 0 Å². The lowest BCUT2D eigenvalue weighted by Crippen LogP contribution is -2.37. The van der Waals surface area contributed by atoms with Crippen molar-refractivity contribution in [2.45, 2.75) is 12.1 Å². The fourth-order valence-electron chi connectivity index (χ4n) is 4.07. The Labute approximate surface area is 166 Å². The summed E-state index contributed by atoms with van der Waals surface area (Å²) in [6.45, 7) is 0. The highest BCUT2D eigenvalue weighted by Crippen LogP contribution is 2.47. The molecule has 3 aromatic carbocycles. The van der Waals surface area contributed by atoms with Gasteiger partial charge in [0, 0.05) is 0 Å². The first-order chi connectivity index (χ1) is 14.2. The fourth-order valence-corrected chi connectivity index (χ4v) is 4.07. The number of benzene rings is 3. The van der Waals surface area contributed by atoms with E-state index in [2.05, 4.69) is 0 Å². The second kappa shape index (κ2) is 6.83. The van der Waals surface area contributed by atoms with E-state index >= 15 is 0 Å². The van der Waals surface area contributed by atoms with E-state index in [4.69, 9.17) is 4.84 Å². The van der Waals surface area contributed by atoms with Crippen LogP contribution in [0.3, 0.4) is 0 Å². The minimum Gasteiger partial charge on any atom is -0.273 e. The lowest BCUT2D eigenvalue weighted by Gasteiger charge is -2.28. The molecule has 2 fully saturated rings. The first-order valence-electron chi connectivity index (χ1n) is 9.35. The van der Waals surface area contributed by atoms with E-state index in [0.717, 1.165) is 16.2 Å². The molecule has 0 aliphatic carbocycles. The Morgan fingerprint density at radius 3 is 2.07 bits per heavy atom. The third-order valence-corrected chi connectivity index (χ3v) is 5.36. The highest BCUT2D eigenvalue weighted by Gasteiger charge is 2.60.